The van der Waals surface area contributed by atoms with E-state index in [-0.39, 0.29) is 0 Å². The summed E-state index contributed by atoms with van der Waals surface area (Å²) < 4.78 is 0. The van der Waals surface area contributed by atoms with E-state index < -0.39 is 0 Å². The van der Waals surface area contributed by atoms with E-state index in [1.165, 1.54) is 0 Å². The summed E-state index contributed by atoms with van der Waals surface area (Å²) in [6.07, 6.45) is 0. The molecule has 0 aliphatic rings. The van der Waals surface area contributed by atoms with Gasteiger partial charge in [0.25, 0.3) is 0 Å². The molecule has 3 aromatic heterocycles. The lowest BCUT2D eigenvalue weighted by Crippen LogP contribution is -2.40. The van der Waals surface area contributed by atoms with Gasteiger partial charge in [0, 0.05) is 76.0 Å². The fourth-order valence-electron chi connectivity index (χ4n) is 3.79. The number of rotatable bonds is 15. The summed E-state index contributed by atoms with van der Waals surface area (Å²) in [6, 6.07) is 18.5. The molecule has 3 heterocycles. The Labute approximate surface area is 204 Å². The molecule has 7 nitrogen and oxygen atoms in total. The van der Waals surface area contributed by atoms with Crippen LogP contribution in [0.5, 0.6) is 0 Å². The van der Waals surface area contributed by atoms with Crippen LogP contribution in [0.1, 0.15) is 34.2 Å². The summed E-state index contributed by atoms with van der Waals surface area (Å²) in [5, 5.41) is 10.6. The maximum Gasteiger partial charge on any atom is 0.0544 e. The Kier molecular flexibility index (Phi) is 11.1. The van der Waals surface area contributed by atoms with E-state index in [2.05, 4.69) is 72.2 Å². The first-order valence-electron chi connectivity index (χ1n) is 12.2. The van der Waals surface area contributed by atoms with Crippen LogP contribution in [0.15, 0.2) is 54.6 Å². The molecule has 0 unspecified atom stereocenters. The van der Waals surface area contributed by atoms with Gasteiger partial charge in [-0.25, -0.2) is 0 Å². The first-order chi connectivity index (χ1) is 16.6. The van der Waals surface area contributed by atoms with Crippen molar-refractivity contribution in [1.82, 2.24) is 35.8 Å². The molecule has 0 atom stereocenters. The predicted molar refractivity (Wildman–Crippen MR) is 138 cm³/mol. The second-order valence-corrected chi connectivity index (χ2v) is 8.68. The molecule has 0 aromatic carbocycles. The minimum Gasteiger partial charge on any atom is -0.310 e. The molecule has 7 heteroatoms. The third-order valence-corrected chi connectivity index (χ3v) is 5.57. The lowest BCUT2D eigenvalue weighted by Gasteiger charge is -2.23. The van der Waals surface area contributed by atoms with Crippen molar-refractivity contribution in [2.45, 2.75) is 40.4 Å². The fraction of sp³-hybridized carbons (Fsp3) is 0.444. The normalized spacial score (nSPS) is 11.3. The molecule has 0 aliphatic carbocycles. The van der Waals surface area contributed by atoms with Gasteiger partial charge in [-0.15, -0.1) is 0 Å². The van der Waals surface area contributed by atoms with Crippen LogP contribution < -0.4 is 16.0 Å². The molecule has 34 heavy (non-hydrogen) atoms. The zero-order valence-electron chi connectivity index (χ0n) is 20.8. The second kappa shape index (κ2) is 14.5. The van der Waals surface area contributed by atoms with Crippen LogP contribution in [-0.2, 0) is 19.6 Å². The van der Waals surface area contributed by atoms with E-state index in [1.807, 2.05) is 39.0 Å². The van der Waals surface area contributed by atoms with Crippen molar-refractivity contribution in [1.29, 1.82) is 0 Å². The Morgan fingerprint density at radius 1 is 0.529 bits per heavy atom. The van der Waals surface area contributed by atoms with Gasteiger partial charge in [0.05, 0.1) is 17.1 Å². The van der Waals surface area contributed by atoms with Crippen molar-refractivity contribution >= 4 is 0 Å². The lowest BCUT2D eigenvalue weighted by atomic mass is 10.3. The molecule has 0 aliphatic heterocycles. The molecule has 0 bridgehead atoms. The molecule has 3 aromatic rings. The molecule has 0 fully saturated rings. The fourth-order valence-corrected chi connectivity index (χ4v) is 3.79. The third kappa shape index (κ3) is 10.1. The Morgan fingerprint density at radius 3 is 1.15 bits per heavy atom. The minimum atomic E-state index is 0.796. The minimum absolute atomic E-state index is 0.796. The van der Waals surface area contributed by atoms with Crippen molar-refractivity contribution in [2.24, 2.45) is 0 Å². The number of nitrogens with zero attached hydrogens (tertiary/aromatic N) is 4. The molecule has 0 saturated heterocycles. The zero-order valence-corrected chi connectivity index (χ0v) is 20.8. The Balaban J connectivity index is 1.40. The van der Waals surface area contributed by atoms with E-state index >= 15 is 0 Å². The van der Waals surface area contributed by atoms with Crippen LogP contribution >= 0.6 is 0 Å². The molecular weight excluding hydrogens is 422 g/mol. The average molecular weight is 462 g/mol. The van der Waals surface area contributed by atoms with Gasteiger partial charge in [-0.2, -0.15) is 0 Å². The standard InChI is InChI=1S/C27H39N7/c1-22-7-4-10-25(31-22)19-28-13-16-34(17-14-29-20-26-11-5-8-23(2)32-26)18-15-30-21-27-12-6-9-24(3)33-27/h4-12,28-30H,13-21H2,1-3H3. The van der Waals surface area contributed by atoms with Gasteiger partial charge in [0.15, 0.2) is 0 Å². The second-order valence-electron chi connectivity index (χ2n) is 8.68. The average Bonchev–Trinajstić information content (AvgIpc) is 2.82. The van der Waals surface area contributed by atoms with Gasteiger partial charge in [-0.05, 0) is 57.2 Å². The van der Waals surface area contributed by atoms with Crippen LogP contribution in [0.4, 0.5) is 0 Å². The molecule has 0 amide bonds. The van der Waals surface area contributed by atoms with Crippen LogP contribution in [-0.4, -0.2) is 59.1 Å². The quantitative estimate of drug-likeness (QED) is 0.300. The number of nitrogens with one attached hydrogen (secondary N) is 3. The summed E-state index contributed by atoms with van der Waals surface area (Å²) in [7, 11) is 0. The highest BCUT2D eigenvalue weighted by atomic mass is 15.2. The number of aromatic nitrogens is 3. The number of aryl methyl sites for hydroxylation is 3. The van der Waals surface area contributed by atoms with Gasteiger partial charge in [0.1, 0.15) is 0 Å². The summed E-state index contributed by atoms with van der Waals surface area (Å²) in [5.74, 6) is 0. The molecule has 182 valence electrons. The summed E-state index contributed by atoms with van der Waals surface area (Å²) in [4.78, 5) is 16.2. The topological polar surface area (TPSA) is 78.0 Å². The first kappa shape index (κ1) is 25.9. The van der Waals surface area contributed by atoms with Crippen molar-refractivity contribution < 1.29 is 0 Å². The molecular formula is C27H39N7. The number of hydrogen-bond donors (Lipinski definition) is 3. The lowest BCUT2D eigenvalue weighted by molar-refractivity contribution is 0.270. The van der Waals surface area contributed by atoms with Gasteiger partial charge < -0.3 is 16.0 Å². The van der Waals surface area contributed by atoms with E-state index in [0.29, 0.717) is 0 Å². The summed E-state index contributed by atoms with van der Waals surface area (Å²) >= 11 is 0. The largest absolute Gasteiger partial charge is 0.310 e. The van der Waals surface area contributed by atoms with Crippen molar-refractivity contribution in [2.75, 3.05) is 39.3 Å². The molecule has 0 spiro atoms. The molecule has 0 saturated carbocycles. The first-order valence-corrected chi connectivity index (χ1v) is 12.2. The SMILES string of the molecule is Cc1cccc(CNCCN(CCNCc2cccc(C)n2)CCNCc2cccc(C)n2)n1. The van der Waals surface area contributed by atoms with Crippen LogP contribution in [0.2, 0.25) is 0 Å². The van der Waals surface area contributed by atoms with Crippen molar-refractivity contribution in [3.63, 3.8) is 0 Å². The smallest absolute Gasteiger partial charge is 0.0544 e. The van der Waals surface area contributed by atoms with Crippen LogP contribution in [0.25, 0.3) is 0 Å². The maximum atomic E-state index is 4.57. The zero-order chi connectivity index (χ0) is 24.0. The van der Waals surface area contributed by atoms with E-state index in [4.69, 9.17) is 0 Å². The third-order valence-electron chi connectivity index (χ3n) is 5.57. The van der Waals surface area contributed by atoms with Crippen molar-refractivity contribution in [3.8, 4) is 0 Å². The predicted octanol–water partition coefficient (Wildman–Crippen LogP) is 2.77. The Bertz CT molecular complexity index is 865. The monoisotopic (exact) mass is 461 g/mol. The van der Waals surface area contributed by atoms with Crippen LogP contribution in [0, 0.1) is 20.8 Å². The van der Waals surface area contributed by atoms with Crippen LogP contribution in [0.3, 0.4) is 0 Å². The van der Waals surface area contributed by atoms with Gasteiger partial charge in [-0.3, -0.25) is 19.9 Å². The van der Waals surface area contributed by atoms with Gasteiger partial charge in [0.2, 0.25) is 0 Å². The number of hydrogen-bond acceptors (Lipinski definition) is 7. The Morgan fingerprint density at radius 2 is 0.853 bits per heavy atom. The Hall–Kier alpha value is -2.71. The van der Waals surface area contributed by atoms with E-state index in [0.717, 1.165) is 93.1 Å². The summed E-state index contributed by atoms with van der Waals surface area (Å²) in [6.45, 7) is 14.2. The van der Waals surface area contributed by atoms with E-state index in [1.54, 1.807) is 0 Å². The highest BCUT2D eigenvalue weighted by Gasteiger charge is 2.06. The molecule has 0 radical (unpaired) electrons. The summed E-state index contributed by atoms with van der Waals surface area (Å²) in [5.41, 5.74) is 6.45. The van der Waals surface area contributed by atoms with Gasteiger partial charge in [-0.1, -0.05) is 18.2 Å². The highest BCUT2D eigenvalue weighted by Crippen LogP contribution is 2.00. The molecule has 3 rings (SSSR count). The molecule has 3 N–H and O–H groups in total. The van der Waals surface area contributed by atoms with Crippen molar-refractivity contribution in [3.05, 3.63) is 88.8 Å². The van der Waals surface area contributed by atoms with E-state index in [9.17, 15) is 0 Å². The van der Waals surface area contributed by atoms with Gasteiger partial charge >= 0.3 is 0 Å². The highest BCUT2D eigenvalue weighted by molar-refractivity contribution is 5.11. The maximum absolute atomic E-state index is 4.57. The number of pyridine rings is 3.